The second kappa shape index (κ2) is 10.9. The van der Waals surface area contributed by atoms with E-state index in [0.29, 0.717) is 5.92 Å². The molecule has 1 saturated heterocycles. The Kier molecular flexibility index (Phi) is 8.01. The minimum absolute atomic E-state index is 0.0433. The molecule has 30 heavy (non-hydrogen) atoms. The van der Waals surface area contributed by atoms with E-state index in [1.165, 1.54) is 5.56 Å². The van der Waals surface area contributed by atoms with Crippen LogP contribution in [-0.2, 0) is 11.3 Å². The normalized spacial score (nSPS) is 15.5. The molecule has 1 aliphatic heterocycles. The number of carbonyl (C=O) groups excluding carboxylic acids is 1. The summed E-state index contributed by atoms with van der Waals surface area (Å²) in [5.74, 6) is 0.0646. The first-order valence-corrected chi connectivity index (χ1v) is 10.8. The van der Waals surface area contributed by atoms with Crippen LogP contribution in [0.25, 0.3) is 11.1 Å². The summed E-state index contributed by atoms with van der Waals surface area (Å²) in [7, 11) is 0. The van der Waals surface area contributed by atoms with Gasteiger partial charge in [-0.25, -0.2) is 0 Å². The van der Waals surface area contributed by atoms with Crippen molar-refractivity contribution in [1.82, 2.24) is 15.5 Å². The maximum Gasteiger partial charge on any atom is 0.228 e. The van der Waals surface area contributed by atoms with E-state index >= 15 is 0 Å². The van der Waals surface area contributed by atoms with Crippen molar-refractivity contribution in [1.29, 1.82) is 5.26 Å². The third kappa shape index (κ3) is 6.16. The fraction of sp³-hybridized carbons (Fsp3) is 0.440. The van der Waals surface area contributed by atoms with Crippen molar-refractivity contribution in [2.24, 2.45) is 5.92 Å². The Hall–Kier alpha value is -2.68. The van der Waals surface area contributed by atoms with E-state index in [9.17, 15) is 4.79 Å². The summed E-state index contributed by atoms with van der Waals surface area (Å²) in [6.45, 7) is 9.56. The van der Waals surface area contributed by atoms with Gasteiger partial charge in [0.05, 0.1) is 12.0 Å². The third-order valence-corrected chi connectivity index (χ3v) is 5.56. The monoisotopic (exact) mass is 404 g/mol. The van der Waals surface area contributed by atoms with Crippen molar-refractivity contribution >= 4 is 5.91 Å². The molecule has 2 aromatic carbocycles. The van der Waals surface area contributed by atoms with Crippen molar-refractivity contribution in [2.75, 3.05) is 32.7 Å². The minimum Gasteiger partial charge on any atom is -0.342 e. The van der Waals surface area contributed by atoms with Gasteiger partial charge in [0, 0.05) is 32.7 Å². The molecule has 0 unspecified atom stereocenters. The first-order chi connectivity index (χ1) is 14.6. The van der Waals surface area contributed by atoms with Gasteiger partial charge in [0.1, 0.15) is 6.54 Å². The highest BCUT2D eigenvalue weighted by atomic mass is 16.1. The fourth-order valence-corrected chi connectivity index (χ4v) is 3.98. The number of benzene rings is 2. The Bertz CT molecular complexity index is 863. The van der Waals surface area contributed by atoms with E-state index in [1.54, 1.807) is 0 Å². The van der Waals surface area contributed by atoms with Crippen LogP contribution in [0.3, 0.4) is 0 Å². The molecular formula is C25H32N4O. The van der Waals surface area contributed by atoms with Crippen molar-refractivity contribution in [3.8, 4) is 17.2 Å². The lowest BCUT2D eigenvalue weighted by atomic mass is 9.88. The molecule has 3 rings (SSSR count). The number of hydrogen-bond donors (Lipinski definition) is 2. The smallest absolute Gasteiger partial charge is 0.228 e. The van der Waals surface area contributed by atoms with Crippen molar-refractivity contribution in [3.63, 3.8) is 0 Å². The molecule has 1 atom stereocenters. The number of nitrogens with one attached hydrogen (secondary N) is 2. The third-order valence-electron chi connectivity index (χ3n) is 5.56. The van der Waals surface area contributed by atoms with E-state index in [4.69, 9.17) is 5.26 Å². The largest absolute Gasteiger partial charge is 0.342 e. The van der Waals surface area contributed by atoms with Crippen LogP contribution in [0.4, 0.5) is 0 Å². The highest BCUT2D eigenvalue weighted by Crippen LogP contribution is 2.29. The molecule has 0 aromatic heterocycles. The molecule has 5 nitrogen and oxygen atoms in total. The zero-order chi connectivity index (χ0) is 21.3. The summed E-state index contributed by atoms with van der Waals surface area (Å²) in [4.78, 5) is 15.1. The molecule has 0 aliphatic carbocycles. The van der Waals surface area contributed by atoms with Gasteiger partial charge in [-0.1, -0.05) is 62.4 Å². The predicted molar refractivity (Wildman–Crippen MR) is 121 cm³/mol. The lowest BCUT2D eigenvalue weighted by Gasteiger charge is -2.27. The molecule has 1 amide bonds. The average Bonchev–Trinajstić information content (AvgIpc) is 2.77. The lowest BCUT2D eigenvalue weighted by molar-refractivity contribution is -0.122. The summed E-state index contributed by atoms with van der Waals surface area (Å²) in [6.07, 6.45) is 0.754. The van der Waals surface area contributed by atoms with Gasteiger partial charge in [0.2, 0.25) is 5.91 Å². The highest BCUT2D eigenvalue weighted by molar-refractivity contribution is 5.84. The van der Waals surface area contributed by atoms with Crippen LogP contribution in [-0.4, -0.2) is 43.5 Å². The number of nitriles is 1. The van der Waals surface area contributed by atoms with Crippen molar-refractivity contribution < 1.29 is 4.79 Å². The Morgan fingerprint density at radius 2 is 1.87 bits per heavy atom. The fourth-order valence-electron chi connectivity index (χ4n) is 3.98. The van der Waals surface area contributed by atoms with Gasteiger partial charge in [-0.3, -0.25) is 9.69 Å². The van der Waals surface area contributed by atoms with E-state index in [-0.39, 0.29) is 18.4 Å². The molecule has 1 heterocycles. The molecule has 2 aromatic rings. The topological polar surface area (TPSA) is 68.2 Å². The van der Waals surface area contributed by atoms with Gasteiger partial charge in [0.15, 0.2) is 0 Å². The standard InChI is InChI=1S/C25H32N4O/c1-19(2)16-24(25(30)28-11-10-26)23-5-3-4-22(17-23)21-8-6-20(7-9-21)18-29-14-12-27-13-15-29/h3-9,17,19,24,27H,11-16,18H2,1-2H3,(H,28,30)/t24-/m1/s1. The molecule has 0 radical (unpaired) electrons. The van der Waals surface area contributed by atoms with Crippen LogP contribution < -0.4 is 10.6 Å². The summed E-state index contributed by atoms with van der Waals surface area (Å²) < 4.78 is 0. The number of carbonyl (C=O) groups is 1. The quantitative estimate of drug-likeness (QED) is 0.661. The van der Waals surface area contributed by atoms with E-state index in [0.717, 1.165) is 55.8 Å². The lowest BCUT2D eigenvalue weighted by Crippen LogP contribution is -2.42. The van der Waals surface area contributed by atoms with Gasteiger partial charge < -0.3 is 10.6 Å². The van der Waals surface area contributed by atoms with Crippen LogP contribution in [0.15, 0.2) is 48.5 Å². The number of hydrogen-bond acceptors (Lipinski definition) is 4. The first-order valence-electron chi connectivity index (χ1n) is 10.8. The minimum atomic E-state index is -0.245. The maximum absolute atomic E-state index is 12.6. The maximum atomic E-state index is 12.6. The summed E-state index contributed by atoms with van der Waals surface area (Å²) in [5.41, 5.74) is 4.59. The van der Waals surface area contributed by atoms with Crippen LogP contribution in [0, 0.1) is 17.2 Å². The Labute approximate surface area is 180 Å². The molecule has 0 saturated carbocycles. The number of amides is 1. The number of rotatable bonds is 8. The van der Waals surface area contributed by atoms with Crippen LogP contribution in [0.1, 0.15) is 37.3 Å². The van der Waals surface area contributed by atoms with Gasteiger partial charge in [-0.15, -0.1) is 0 Å². The zero-order valence-electron chi connectivity index (χ0n) is 18.0. The SMILES string of the molecule is CC(C)C[C@@H](C(=O)NCC#N)c1cccc(-c2ccc(CN3CCNCC3)cc2)c1. The van der Waals surface area contributed by atoms with E-state index < -0.39 is 0 Å². The van der Waals surface area contributed by atoms with Gasteiger partial charge >= 0.3 is 0 Å². The van der Waals surface area contributed by atoms with Crippen LogP contribution in [0.5, 0.6) is 0 Å². The Morgan fingerprint density at radius 3 is 2.53 bits per heavy atom. The summed E-state index contributed by atoms with van der Waals surface area (Å²) in [6, 6.07) is 19.0. The van der Waals surface area contributed by atoms with E-state index in [2.05, 4.69) is 65.8 Å². The summed E-state index contributed by atoms with van der Waals surface area (Å²) in [5, 5.41) is 14.9. The molecule has 0 spiro atoms. The molecule has 158 valence electrons. The first kappa shape index (κ1) is 22.0. The van der Waals surface area contributed by atoms with Crippen molar-refractivity contribution in [2.45, 2.75) is 32.7 Å². The molecule has 2 N–H and O–H groups in total. The average molecular weight is 405 g/mol. The Morgan fingerprint density at radius 1 is 1.13 bits per heavy atom. The summed E-state index contributed by atoms with van der Waals surface area (Å²) >= 11 is 0. The zero-order valence-corrected chi connectivity index (χ0v) is 18.0. The van der Waals surface area contributed by atoms with Crippen LogP contribution in [0.2, 0.25) is 0 Å². The molecule has 5 heteroatoms. The Balaban J connectivity index is 1.75. The molecular weight excluding hydrogens is 372 g/mol. The second-order valence-corrected chi connectivity index (χ2v) is 8.41. The van der Waals surface area contributed by atoms with Gasteiger partial charge in [0.25, 0.3) is 0 Å². The molecule has 0 bridgehead atoms. The molecule has 1 aliphatic rings. The predicted octanol–water partition coefficient (Wildman–Crippen LogP) is 3.53. The number of piperazine rings is 1. The van der Waals surface area contributed by atoms with Gasteiger partial charge in [-0.2, -0.15) is 5.26 Å². The molecule has 1 fully saturated rings. The second-order valence-electron chi connectivity index (χ2n) is 8.41. The number of nitrogens with zero attached hydrogens (tertiary/aromatic N) is 2. The van der Waals surface area contributed by atoms with E-state index in [1.807, 2.05) is 18.2 Å². The van der Waals surface area contributed by atoms with Crippen molar-refractivity contribution in [3.05, 3.63) is 59.7 Å². The van der Waals surface area contributed by atoms with Gasteiger partial charge in [-0.05, 0) is 34.6 Å². The highest BCUT2D eigenvalue weighted by Gasteiger charge is 2.22. The van der Waals surface area contributed by atoms with Crippen LogP contribution >= 0.6 is 0 Å².